The molecule has 76 valence electrons. The highest BCUT2D eigenvalue weighted by atomic mass is 16.3. The van der Waals surface area contributed by atoms with Crippen molar-refractivity contribution in [3.05, 3.63) is 0 Å². The smallest absolute Gasteiger partial charge is 0.0619 e. The van der Waals surface area contributed by atoms with E-state index in [9.17, 15) is 15.3 Å². The van der Waals surface area contributed by atoms with Crippen LogP contribution in [0.4, 0.5) is 0 Å². The average molecular weight is 186 g/mol. The van der Waals surface area contributed by atoms with E-state index >= 15 is 0 Å². The Hall–Kier alpha value is -0.120. The van der Waals surface area contributed by atoms with E-state index in [1.165, 1.54) is 0 Å². The normalized spacial score (nSPS) is 53.8. The van der Waals surface area contributed by atoms with Crippen molar-refractivity contribution in [2.75, 3.05) is 0 Å². The van der Waals surface area contributed by atoms with E-state index in [2.05, 4.69) is 0 Å². The van der Waals surface area contributed by atoms with E-state index in [0.717, 1.165) is 0 Å². The third kappa shape index (κ3) is 1.30. The Morgan fingerprint density at radius 1 is 0.923 bits per heavy atom. The van der Waals surface area contributed by atoms with Gasteiger partial charge in [0, 0.05) is 5.41 Å². The Bertz CT molecular complexity index is 194. The summed E-state index contributed by atoms with van der Waals surface area (Å²) in [6.45, 7) is 3.78. The molecule has 3 nitrogen and oxygen atoms in total. The van der Waals surface area contributed by atoms with Gasteiger partial charge in [-0.3, -0.25) is 0 Å². The summed E-state index contributed by atoms with van der Waals surface area (Å²) < 4.78 is 0. The second-order valence-corrected chi connectivity index (χ2v) is 5.14. The molecular weight excluding hydrogens is 168 g/mol. The van der Waals surface area contributed by atoms with Crippen molar-refractivity contribution in [2.24, 2.45) is 17.3 Å². The molecule has 2 rings (SSSR count). The SMILES string of the molecule is CC1(C)C(O)CC2C(O)C2CC1O. The van der Waals surface area contributed by atoms with Crippen molar-refractivity contribution < 1.29 is 15.3 Å². The summed E-state index contributed by atoms with van der Waals surface area (Å²) in [5.41, 5.74) is -0.423. The fraction of sp³-hybridized carbons (Fsp3) is 1.00. The monoisotopic (exact) mass is 186 g/mol. The first kappa shape index (κ1) is 9.44. The lowest BCUT2D eigenvalue weighted by molar-refractivity contribution is -0.0528. The molecule has 0 aromatic heterocycles. The van der Waals surface area contributed by atoms with E-state index < -0.39 is 17.6 Å². The lowest BCUT2D eigenvalue weighted by atomic mass is 9.79. The Kier molecular flexibility index (Phi) is 1.95. The molecule has 0 spiro atoms. The van der Waals surface area contributed by atoms with Crippen LogP contribution in [0.2, 0.25) is 0 Å². The van der Waals surface area contributed by atoms with Crippen LogP contribution in [0.1, 0.15) is 26.7 Å². The molecule has 2 aliphatic rings. The molecule has 3 N–H and O–H groups in total. The minimum absolute atomic E-state index is 0.228. The minimum Gasteiger partial charge on any atom is -0.393 e. The molecule has 0 saturated heterocycles. The molecule has 2 aliphatic carbocycles. The molecule has 13 heavy (non-hydrogen) atoms. The molecule has 0 heterocycles. The maximum absolute atomic E-state index is 9.83. The zero-order valence-corrected chi connectivity index (χ0v) is 8.14. The van der Waals surface area contributed by atoms with Gasteiger partial charge in [-0.2, -0.15) is 0 Å². The molecule has 0 amide bonds. The van der Waals surface area contributed by atoms with Crippen molar-refractivity contribution in [1.82, 2.24) is 0 Å². The van der Waals surface area contributed by atoms with Gasteiger partial charge in [-0.15, -0.1) is 0 Å². The zero-order valence-electron chi connectivity index (χ0n) is 8.14. The predicted octanol–water partition coefficient (Wildman–Crippen LogP) is 0.135. The molecule has 4 unspecified atom stereocenters. The van der Waals surface area contributed by atoms with Crippen LogP contribution in [0.5, 0.6) is 0 Å². The molecule has 0 aromatic carbocycles. The zero-order chi connectivity index (χ0) is 9.80. The summed E-state index contributed by atoms with van der Waals surface area (Å²) in [5.74, 6) is 0.456. The number of rotatable bonds is 0. The number of hydrogen-bond donors (Lipinski definition) is 3. The quantitative estimate of drug-likeness (QED) is 0.504. The Morgan fingerprint density at radius 3 is 1.69 bits per heavy atom. The van der Waals surface area contributed by atoms with Crippen molar-refractivity contribution in [3.8, 4) is 0 Å². The van der Waals surface area contributed by atoms with E-state index in [4.69, 9.17) is 0 Å². The number of aliphatic hydroxyl groups excluding tert-OH is 3. The highest BCUT2D eigenvalue weighted by Gasteiger charge is 2.56. The van der Waals surface area contributed by atoms with Gasteiger partial charge in [0.1, 0.15) is 0 Å². The summed E-state index contributed by atoms with van der Waals surface area (Å²) in [4.78, 5) is 0. The van der Waals surface area contributed by atoms with Crippen LogP contribution in [0.3, 0.4) is 0 Å². The van der Waals surface area contributed by atoms with E-state index in [1.807, 2.05) is 13.8 Å². The Labute approximate surface area is 78.4 Å². The van der Waals surface area contributed by atoms with Crippen LogP contribution in [0.15, 0.2) is 0 Å². The van der Waals surface area contributed by atoms with Crippen molar-refractivity contribution in [2.45, 2.75) is 45.0 Å². The number of fused-ring (bicyclic) bond motifs is 1. The third-order valence-electron chi connectivity index (χ3n) is 3.99. The third-order valence-corrected chi connectivity index (χ3v) is 3.99. The van der Waals surface area contributed by atoms with E-state index in [-0.39, 0.29) is 17.9 Å². The van der Waals surface area contributed by atoms with Gasteiger partial charge in [0.15, 0.2) is 0 Å². The molecule has 0 aromatic rings. The van der Waals surface area contributed by atoms with Crippen LogP contribution < -0.4 is 0 Å². The molecule has 2 saturated carbocycles. The van der Waals surface area contributed by atoms with Crippen LogP contribution in [-0.2, 0) is 0 Å². The van der Waals surface area contributed by atoms with E-state index in [1.54, 1.807) is 0 Å². The lowest BCUT2D eigenvalue weighted by Crippen LogP contribution is -2.40. The van der Waals surface area contributed by atoms with Gasteiger partial charge in [0.25, 0.3) is 0 Å². The topological polar surface area (TPSA) is 60.7 Å². The largest absolute Gasteiger partial charge is 0.393 e. The van der Waals surface area contributed by atoms with E-state index in [0.29, 0.717) is 12.8 Å². The molecular formula is C10H18O3. The maximum atomic E-state index is 9.83. The van der Waals surface area contributed by atoms with Gasteiger partial charge in [-0.25, -0.2) is 0 Å². The van der Waals surface area contributed by atoms with Crippen molar-refractivity contribution in [1.29, 1.82) is 0 Å². The summed E-state index contributed by atoms with van der Waals surface area (Å²) in [6, 6.07) is 0. The minimum atomic E-state index is -0.491. The van der Waals surface area contributed by atoms with Gasteiger partial charge in [-0.1, -0.05) is 13.8 Å². The Morgan fingerprint density at radius 2 is 1.31 bits per heavy atom. The molecule has 3 heteroatoms. The van der Waals surface area contributed by atoms with Crippen LogP contribution in [0, 0.1) is 17.3 Å². The molecule has 4 atom stereocenters. The molecule has 0 radical (unpaired) electrons. The van der Waals surface area contributed by atoms with Crippen LogP contribution in [0.25, 0.3) is 0 Å². The molecule has 0 bridgehead atoms. The average Bonchev–Trinajstić information content (AvgIpc) is 2.63. The highest BCUT2D eigenvalue weighted by Crippen LogP contribution is 2.52. The first-order valence-corrected chi connectivity index (χ1v) is 4.98. The van der Waals surface area contributed by atoms with Gasteiger partial charge in [0.2, 0.25) is 0 Å². The molecule has 2 fully saturated rings. The van der Waals surface area contributed by atoms with Crippen LogP contribution >= 0.6 is 0 Å². The van der Waals surface area contributed by atoms with Gasteiger partial charge in [-0.05, 0) is 24.7 Å². The second-order valence-electron chi connectivity index (χ2n) is 5.14. The standard InChI is InChI=1S/C10H18O3/c1-10(2)7(11)3-5-6(9(5)13)4-8(10)12/h5-9,11-13H,3-4H2,1-2H3. The van der Waals surface area contributed by atoms with Gasteiger partial charge < -0.3 is 15.3 Å². The van der Waals surface area contributed by atoms with Gasteiger partial charge in [0.05, 0.1) is 18.3 Å². The summed E-state index contributed by atoms with van der Waals surface area (Å²) in [6.07, 6.45) is 0.0101. The second kappa shape index (κ2) is 2.69. The maximum Gasteiger partial charge on any atom is 0.0619 e. The highest BCUT2D eigenvalue weighted by molar-refractivity contribution is 5.05. The molecule has 0 aliphatic heterocycles. The van der Waals surface area contributed by atoms with Gasteiger partial charge >= 0.3 is 0 Å². The van der Waals surface area contributed by atoms with Crippen molar-refractivity contribution >= 4 is 0 Å². The first-order chi connectivity index (χ1) is 5.94. The van der Waals surface area contributed by atoms with Crippen molar-refractivity contribution in [3.63, 3.8) is 0 Å². The summed E-state index contributed by atoms with van der Waals surface area (Å²) in [5, 5.41) is 29.1. The fourth-order valence-electron chi connectivity index (χ4n) is 2.40. The lowest BCUT2D eigenvalue weighted by Gasteiger charge is -2.34. The summed E-state index contributed by atoms with van der Waals surface area (Å²) >= 11 is 0. The Balaban J connectivity index is 2.14. The fourth-order valence-corrected chi connectivity index (χ4v) is 2.40. The predicted molar refractivity (Wildman–Crippen MR) is 48.0 cm³/mol. The summed E-state index contributed by atoms with van der Waals surface area (Å²) in [7, 11) is 0. The van der Waals surface area contributed by atoms with Crippen LogP contribution in [-0.4, -0.2) is 33.6 Å². The first-order valence-electron chi connectivity index (χ1n) is 4.98. The number of hydrogen-bond acceptors (Lipinski definition) is 3. The number of aliphatic hydroxyl groups is 3.